The summed E-state index contributed by atoms with van der Waals surface area (Å²) in [4.78, 5) is 0. The summed E-state index contributed by atoms with van der Waals surface area (Å²) in [6.45, 7) is 1.73. The maximum absolute atomic E-state index is 5.40. The van der Waals surface area contributed by atoms with Crippen LogP contribution in [0, 0.1) is 0 Å². The molecule has 1 saturated heterocycles. The molecule has 0 aliphatic carbocycles. The maximum atomic E-state index is 5.40. The lowest BCUT2D eigenvalue weighted by Gasteiger charge is -2.25. The zero-order valence-corrected chi connectivity index (χ0v) is 11.7. The van der Waals surface area contributed by atoms with Crippen molar-refractivity contribution < 1.29 is 4.74 Å². The third-order valence-electron chi connectivity index (χ3n) is 3.45. The Balaban J connectivity index is 1.93. The van der Waals surface area contributed by atoms with Gasteiger partial charge in [-0.1, -0.05) is 40.2 Å². The Morgan fingerprint density at radius 2 is 1.72 bits per heavy atom. The summed E-state index contributed by atoms with van der Waals surface area (Å²) in [5, 5.41) is 6.19. The van der Waals surface area contributed by atoms with Crippen molar-refractivity contribution in [2.45, 2.75) is 18.9 Å². The monoisotopic (exact) mass is 305 g/mol. The van der Waals surface area contributed by atoms with E-state index < -0.39 is 0 Å². The normalized spacial score (nSPS) is 16.9. The van der Waals surface area contributed by atoms with Crippen LogP contribution in [0.4, 0.5) is 5.69 Å². The zero-order valence-electron chi connectivity index (χ0n) is 10.2. The molecular formula is C15H16BrNO. The van der Waals surface area contributed by atoms with E-state index in [-0.39, 0.29) is 0 Å². The van der Waals surface area contributed by atoms with E-state index in [1.54, 1.807) is 0 Å². The van der Waals surface area contributed by atoms with E-state index in [1.807, 2.05) is 0 Å². The molecule has 0 radical (unpaired) electrons. The average molecular weight is 306 g/mol. The molecule has 1 aliphatic heterocycles. The van der Waals surface area contributed by atoms with E-state index in [2.05, 4.69) is 57.6 Å². The highest BCUT2D eigenvalue weighted by Crippen LogP contribution is 2.30. The molecule has 94 valence electrons. The fraction of sp³-hybridized carbons (Fsp3) is 0.333. The van der Waals surface area contributed by atoms with Gasteiger partial charge in [-0.05, 0) is 30.4 Å². The van der Waals surface area contributed by atoms with E-state index >= 15 is 0 Å². The van der Waals surface area contributed by atoms with Gasteiger partial charge in [0.15, 0.2) is 0 Å². The molecule has 0 unspecified atom stereocenters. The minimum atomic E-state index is 0.531. The molecule has 2 nitrogen and oxygen atoms in total. The summed E-state index contributed by atoms with van der Waals surface area (Å²) in [6.07, 6.45) is 2.18. The van der Waals surface area contributed by atoms with Crippen molar-refractivity contribution in [2.75, 3.05) is 18.5 Å². The van der Waals surface area contributed by atoms with E-state index in [0.29, 0.717) is 6.04 Å². The van der Waals surface area contributed by atoms with Gasteiger partial charge in [0, 0.05) is 34.8 Å². The number of fused-ring (bicyclic) bond motifs is 1. The number of anilines is 1. The van der Waals surface area contributed by atoms with Crippen LogP contribution in [-0.4, -0.2) is 19.3 Å². The topological polar surface area (TPSA) is 21.3 Å². The number of halogens is 1. The fourth-order valence-electron chi connectivity index (χ4n) is 2.46. The highest BCUT2D eigenvalue weighted by Gasteiger charge is 2.14. The molecule has 0 saturated carbocycles. The second-order valence-corrected chi connectivity index (χ2v) is 5.53. The summed E-state index contributed by atoms with van der Waals surface area (Å²) in [7, 11) is 0. The van der Waals surface area contributed by atoms with E-state index in [1.165, 1.54) is 16.5 Å². The molecule has 3 rings (SSSR count). The van der Waals surface area contributed by atoms with Gasteiger partial charge in [0.1, 0.15) is 0 Å². The van der Waals surface area contributed by atoms with Gasteiger partial charge < -0.3 is 10.1 Å². The highest BCUT2D eigenvalue weighted by atomic mass is 79.9. The van der Waals surface area contributed by atoms with Crippen LogP contribution in [0.15, 0.2) is 40.9 Å². The summed E-state index contributed by atoms with van der Waals surface area (Å²) >= 11 is 3.61. The van der Waals surface area contributed by atoms with Gasteiger partial charge >= 0.3 is 0 Å². The molecule has 2 aromatic carbocycles. The number of benzene rings is 2. The minimum Gasteiger partial charge on any atom is -0.382 e. The standard InChI is InChI=1S/C15H16BrNO/c16-14-5-1-4-13-12(14)3-2-6-15(13)17-11-7-9-18-10-8-11/h1-6,11,17H,7-10H2. The largest absolute Gasteiger partial charge is 0.382 e. The summed E-state index contributed by atoms with van der Waals surface area (Å²) in [5.41, 5.74) is 1.22. The Bertz CT molecular complexity index is 549. The number of hydrogen-bond acceptors (Lipinski definition) is 2. The van der Waals surface area contributed by atoms with Gasteiger partial charge in [-0.15, -0.1) is 0 Å². The van der Waals surface area contributed by atoms with Crippen molar-refractivity contribution in [3.63, 3.8) is 0 Å². The molecule has 0 bridgehead atoms. The molecule has 18 heavy (non-hydrogen) atoms. The summed E-state index contributed by atoms with van der Waals surface area (Å²) in [5.74, 6) is 0. The first-order valence-electron chi connectivity index (χ1n) is 6.36. The molecule has 0 amide bonds. The van der Waals surface area contributed by atoms with Crippen molar-refractivity contribution in [2.24, 2.45) is 0 Å². The lowest BCUT2D eigenvalue weighted by molar-refractivity contribution is 0.0905. The highest BCUT2D eigenvalue weighted by molar-refractivity contribution is 9.10. The SMILES string of the molecule is Brc1cccc2c(NC3CCOCC3)cccc12. The van der Waals surface area contributed by atoms with Crippen LogP contribution < -0.4 is 5.32 Å². The quantitative estimate of drug-likeness (QED) is 0.898. The molecular weight excluding hydrogens is 290 g/mol. The molecule has 1 aliphatic rings. The van der Waals surface area contributed by atoms with Crippen molar-refractivity contribution in [1.29, 1.82) is 0 Å². The van der Waals surface area contributed by atoms with Crippen LogP contribution in [0.2, 0.25) is 0 Å². The second-order valence-electron chi connectivity index (χ2n) is 4.67. The molecule has 0 atom stereocenters. The Hall–Kier alpha value is -1.06. The first-order chi connectivity index (χ1) is 8.84. The Labute approximate surface area is 115 Å². The minimum absolute atomic E-state index is 0.531. The van der Waals surface area contributed by atoms with Crippen molar-refractivity contribution in [3.8, 4) is 0 Å². The fourth-order valence-corrected chi connectivity index (χ4v) is 2.96. The van der Waals surface area contributed by atoms with Crippen LogP contribution >= 0.6 is 15.9 Å². The molecule has 1 N–H and O–H groups in total. The Morgan fingerprint density at radius 3 is 2.56 bits per heavy atom. The summed E-state index contributed by atoms with van der Waals surface area (Å²) in [6, 6.07) is 13.3. The van der Waals surface area contributed by atoms with Gasteiger partial charge in [-0.25, -0.2) is 0 Å². The van der Waals surface area contributed by atoms with Crippen molar-refractivity contribution >= 4 is 32.4 Å². The van der Waals surface area contributed by atoms with E-state index in [9.17, 15) is 0 Å². The second kappa shape index (κ2) is 5.29. The predicted octanol–water partition coefficient (Wildman–Crippen LogP) is 4.19. The van der Waals surface area contributed by atoms with Crippen molar-refractivity contribution in [3.05, 3.63) is 40.9 Å². The Morgan fingerprint density at radius 1 is 1.00 bits per heavy atom. The van der Waals surface area contributed by atoms with E-state index in [0.717, 1.165) is 30.5 Å². The lowest BCUT2D eigenvalue weighted by atomic mass is 10.1. The van der Waals surface area contributed by atoms with Crippen LogP contribution in [0.5, 0.6) is 0 Å². The third-order valence-corrected chi connectivity index (χ3v) is 4.14. The van der Waals surface area contributed by atoms with Crippen LogP contribution in [0.1, 0.15) is 12.8 Å². The number of rotatable bonds is 2. The van der Waals surface area contributed by atoms with Gasteiger partial charge in [0.25, 0.3) is 0 Å². The zero-order chi connectivity index (χ0) is 12.4. The first kappa shape index (κ1) is 12.0. The first-order valence-corrected chi connectivity index (χ1v) is 7.15. The van der Waals surface area contributed by atoms with Gasteiger partial charge in [-0.2, -0.15) is 0 Å². The molecule has 0 spiro atoms. The molecule has 3 heteroatoms. The number of ether oxygens (including phenoxy) is 1. The number of hydrogen-bond donors (Lipinski definition) is 1. The van der Waals surface area contributed by atoms with Crippen LogP contribution in [0.3, 0.4) is 0 Å². The van der Waals surface area contributed by atoms with Gasteiger partial charge in [0.2, 0.25) is 0 Å². The average Bonchev–Trinajstić information content (AvgIpc) is 2.41. The maximum Gasteiger partial charge on any atom is 0.0485 e. The predicted molar refractivity (Wildman–Crippen MR) is 79.1 cm³/mol. The smallest absolute Gasteiger partial charge is 0.0485 e. The van der Waals surface area contributed by atoms with E-state index in [4.69, 9.17) is 4.74 Å². The van der Waals surface area contributed by atoms with Crippen molar-refractivity contribution in [1.82, 2.24) is 0 Å². The van der Waals surface area contributed by atoms with Gasteiger partial charge in [-0.3, -0.25) is 0 Å². The van der Waals surface area contributed by atoms with Crippen LogP contribution in [-0.2, 0) is 4.74 Å². The van der Waals surface area contributed by atoms with Crippen LogP contribution in [0.25, 0.3) is 10.8 Å². The summed E-state index contributed by atoms with van der Waals surface area (Å²) < 4.78 is 6.55. The number of nitrogens with one attached hydrogen (secondary N) is 1. The third kappa shape index (κ3) is 2.38. The molecule has 1 heterocycles. The lowest BCUT2D eigenvalue weighted by Crippen LogP contribution is -2.27. The Kier molecular flexibility index (Phi) is 3.52. The molecule has 0 aromatic heterocycles. The van der Waals surface area contributed by atoms with Gasteiger partial charge in [0.05, 0.1) is 0 Å². The molecule has 1 fully saturated rings. The molecule has 2 aromatic rings.